The Kier molecular flexibility index (Phi) is 5.70. The third kappa shape index (κ3) is 5.37. The molecule has 28 heavy (non-hydrogen) atoms. The summed E-state index contributed by atoms with van der Waals surface area (Å²) in [6.45, 7) is 0. The fourth-order valence-electron chi connectivity index (χ4n) is 2.31. The Labute approximate surface area is 164 Å². The van der Waals surface area contributed by atoms with Gasteiger partial charge < -0.3 is 20.5 Å². The second-order valence-corrected chi connectivity index (χ2v) is 6.16. The van der Waals surface area contributed by atoms with Gasteiger partial charge in [-0.2, -0.15) is 13.2 Å². The maximum absolute atomic E-state index is 12.6. The zero-order valence-corrected chi connectivity index (χ0v) is 15.1. The largest absolute Gasteiger partial charge is 0.508 e. The molecule has 0 aromatic heterocycles. The highest BCUT2D eigenvalue weighted by Crippen LogP contribution is 2.30. The van der Waals surface area contributed by atoms with E-state index in [0.717, 1.165) is 12.1 Å². The molecule has 0 saturated carbocycles. The molecular formula is C20H15F3N2O2S. The second kappa shape index (κ2) is 8.18. The highest BCUT2D eigenvalue weighted by molar-refractivity contribution is 7.80. The molecule has 0 bridgehead atoms. The molecule has 0 fully saturated rings. The van der Waals surface area contributed by atoms with Crippen LogP contribution in [0.15, 0.2) is 72.8 Å². The predicted molar refractivity (Wildman–Crippen MR) is 106 cm³/mol. The average Bonchev–Trinajstić information content (AvgIpc) is 2.65. The summed E-state index contributed by atoms with van der Waals surface area (Å²) in [5.41, 5.74) is 1.23. The van der Waals surface area contributed by atoms with E-state index in [-0.39, 0.29) is 10.9 Å². The van der Waals surface area contributed by atoms with Crippen molar-refractivity contribution >= 4 is 34.5 Å². The molecule has 0 aliphatic heterocycles. The first-order chi connectivity index (χ1) is 13.3. The third-order valence-corrected chi connectivity index (χ3v) is 3.86. The summed E-state index contributed by atoms with van der Waals surface area (Å²) in [6, 6.07) is 17.9. The van der Waals surface area contributed by atoms with E-state index in [1.165, 1.54) is 24.3 Å². The number of phenols is 1. The van der Waals surface area contributed by atoms with Crippen LogP contribution in [-0.2, 0) is 6.18 Å². The molecule has 0 spiro atoms. The van der Waals surface area contributed by atoms with Crippen LogP contribution in [0.3, 0.4) is 0 Å². The first-order valence-electron chi connectivity index (χ1n) is 8.12. The SMILES string of the molecule is Oc1ccc(OC(=S)Nc2ccc(Nc3ccc(C(F)(F)F)cc3)cc2)cc1. The van der Waals surface area contributed by atoms with Crippen molar-refractivity contribution in [2.75, 3.05) is 10.6 Å². The molecule has 8 heteroatoms. The summed E-state index contributed by atoms with van der Waals surface area (Å²) in [5.74, 6) is 0.609. The van der Waals surface area contributed by atoms with Crippen LogP contribution < -0.4 is 15.4 Å². The van der Waals surface area contributed by atoms with Gasteiger partial charge >= 0.3 is 6.18 Å². The number of nitrogens with one attached hydrogen (secondary N) is 2. The van der Waals surface area contributed by atoms with E-state index in [1.807, 2.05) is 0 Å². The molecule has 0 heterocycles. The molecule has 0 aliphatic rings. The van der Waals surface area contributed by atoms with Crippen molar-refractivity contribution in [3.63, 3.8) is 0 Å². The Bertz CT molecular complexity index is 941. The van der Waals surface area contributed by atoms with Crippen molar-refractivity contribution < 1.29 is 23.0 Å². The summed E-state index contributed by atoms with van der Waals surface area (Å²) in [7, 11) is 0. The summed E-state index contributed by atoms with van der Waals surface area (Å²) in [5, 5.41) is 15.3. The van der Waals surface area contributed by atoms with E-state index in [4.69, 9.17) is 17.0 Å². The number of halogens is 3. The lowest BCUT2D eigenvalue weighted by Crippen LogP contribution is -2.16. The molecule has 3 rings (SSSR count). The number of ether oxygens (including phenoxy) is 1. The Hall–Kier alpha value is -3.26. The molecule has 144 valence electrons. The molecule has 0 saturated heterocycles. The van der Waals surface area contributed by atoms with Crippen molar-refractivity contribution in [1.82, 2.24) is 0 Å². The van der Waals surface area contributed by atoms with Crippen LogP contribution in [0.5, 0.6) is 11.5 Å². The zero-order valence-electron chi connectivity index (χ0n) is 14.3. The number of phenolic OH excluding ortho intramolecular Hbond substituents is 1. The Morgan fingerprint density at radius 3 is 1.82 bits per heavy atom. The lowest BCUT2D eigenvalue weighted by Gasteiger charge is -2.12. The molecule has 3 aromatic rings. The van der Waals surface area contributed by atoms with Gasteiger partial charge in [-0.1, -0.05) is 0 Å². The standard InChI is InChI=1S/C20H15F3N2O2S/c21-20(22,23)13-1-3-14(4-2-13)24-15-5-7-16(8-6-15)25-19(28)27-18-11-9-17(26)10-12-18/h1-12,24,26H,(H,25,28). The number of rotatable bonds is 4. The lowest BCUT2D eigenvalue weighted by molar-refractivity contribution is -0.137. The smallest absolute Gasteiger partial charge is 0.416 e. The number of aromatic hydroxyl groups is 1. The van der Waals surface area contributed by atoms with Gasteiger partial charge in [-0.25, -0.2) is 0 Å². The van der Waals surface area contributed by atoms with Gasteiger partial charge in [-0.05, 0) is 85.0 Å². The Morgan fingerprint density at radius 2 is 1.29 bits per heavy atom. The van der Waals surface area contributed by atoms with Crippen LogP contribution in [0.4, 0.5) is 30.2 Å². The molecule has 4 nitrogen and oxygen atoms in total. The monoisotopic (exact) mass is 404 g/mol. The summed E-state index contributed by atoms with van der Waals surface area (Å²) in [6.07, 6.45) is -4.35. The molecule has 0 atom stereocenters. The predicted octanol–water partition coefficient (Wildman–Crippen LogP) is 5.93. The Morgan fingerprint density at radius 1 is 0.786 bits per heavy atom. The molecule has 3 aromatic carbocycles. The highest BCUT2D eigenvalue weighted by atomic mass is 32.1. The number of thiocarbonyl (C=S) groups is 1. The number of anilines is 3. The maximum atomic E-state index is 12.6. The summed E-state index contributed by atoms with van der Waals surface area (Å²) in [4.78, 5) is 0. The third-order valence-electron chi connectivity index (χ3n) is 3.68. The van der Waals surface area contributed by atoms with Gasteiger partial charge in [0, 0.05) is 17.1 Å². The van der Waals surface area contributed by atoms with Crippen molar-refractivity contribution in [2.45, 2.75) is 6.18 Å². The number of hydrogen-bond acceptors (Lipinski definition) is 4. The van der Waals surface area contributed by atoms with E-state index in [0.29, 0.717) is 22.8 Å². The van der Waals surface area contributed by atoms with Gasteiger partial charge in [0.25, 0.3) is 5.17 Å². The first kappa shape index (κ1) is 19.5. The summed E-state index contributed by atoms with van der Waals surface area (Å²) >= 11 is 5.13. The minimum atomic E-state index is -4.35. The minimum absolute atomic E-state index is 0.127. The zero-order chi connectivity index (χ0) is 20.1. The summed E-state index contributed by atoms with van der Waals surface area (Å²) < 4.78 is 43.2. The molecule has 0 aliphatic carbocycles. The lowest BCUT2D eigenvalue weighted by atomic mass is 10.2. The van der Waals surface area contributed by atoms with Crippen LogP contribution in [0.2, 0.25) is 0 Å². The second-order valence-electron chi connectivity index (χ2n) is 5.79. The maximum Gasteiger partial charge on any atom is 0.416 e. The van der Waals surface area contributed by atoms with Gasteiger partial charge in [-0.15, -0.1) is 0 Å². The van der Waals surface area contributed by atoms with Crippen LogP contribution in [0.1, 0.15) is 5.56 Å². The molecule has 0 radical (unpaired) electrons. The Balaban J connectivity index is 1.57. The van der Waals surface area contributed by atoms with Crippen LogP contribution in [-0.4, -0.2) is 10.3 Å². The van der Waals surface area contributed by atoms with E-state index in [9.17, 15) is 18.3 Å². The topological polar surface area (TPSA) is 53.5 Å². The first-order valence-corrected chi connectivity index (χ1v) is 8.53. The molecule has 0 unspecified atom stereocenters. The van der Waals surface area contributed by atoms with Crippen LogP contribution in [0, 0.1) is 0 Å². The van der Waals surface area contributed by atoms with E-state index in [2.05, 4.69) is 10.6 Å². The number of hydrogen-bond donors (Lipinski definition) is 3. The van der Waals surface area contributed by atoms with Crippen LogP contribution >= 0.6 is 12.2 Å². The minimum Gasteiger partial charge on any atom is -0.508 e. The van der Waals surface area contributed by atoms with Crippen LogP contribution in [0.25, 0.3) is 0 Å². The van der Waals surface area contributed by atoms with Crippen molar-refractivity contribution in [1.29, 1.82) is 0 Å². The van der Waals surface area contributed by atoms with Crippen molar-refractivity contribution in [3.8, 4) is 11.5 Å². The fourth-order valence-corrected chi connectivity index (χ4v) is 2.52. The molecule has 0 amide bonds. The van der Waals surface area contributed by atoms with Gasteiger partial charge in [0.05, 0.1) is 5.56 Å². The highest BCUT2D eigenvalue weighted by Gasteiger charge is 2.29. The van der Waals surface area contributed by atoms with Gasteiger partial charge in [0.15, 0.2) is 0 Å². The molecule has 3 N–H and O–H groups in total. The van der Waals surface area contributed by atoms with Crippen molar-refractivity contribution in [2.24, 2.45) is 0 Å². The van der Waals surface area contributed by atoms with E-state index < -0.39 is 11.7 Å². The number of alkyl halides is 3. The van der Waals surface area contributed by atoms with Crippen molar-refractivity contribution in [3.05, 3.63) is 78.4 Å². The van der Waals surface area contributed by atoms with Gasteiger partial charge in [-0.3, -0.25) is 0 Å². The fraction of sp³-hybridized carbons (Fsp3) is 0.0500. The molecular weight excluding hydrogens is 389 g/mol. The number of benzene rings is 3. The average molecular weight is 404 g/mol. The normalized spacial score (nSPS) is 11.0. The van der Waals surface area contributed by atoms with E-state index in [1.54, 1.807) is 36.4 Å². The van der Waals surface area contributed by atoms with Gasteiger partial charge in [0.2, 0.25) is 0 Å². The quantitative estimate of drug-likeness (QED) is 0.471. The van der Waals surface area contributed by atoms with E-state index >= 15 is 0 Å². The van der Waals surface area contributed by atoms with Gasteiger partial charge in [0.1, 0.15) is 11.5 Å².